The van der Waals surface area contributed by atoms with Crippen LogP contribution in [0.4, 0.5) is 11.4 Å². The zero-order chi connectivity index (χ0) is 14.0. The molecule has 2 aromatic carbocycles. The van der Waals surface area contributed by atoms with Gasteiger partial charge in [0.25, 0.3) is 0 Å². The molecule has 0 aromatic heterocycles. The van der Waals surface area contributed by atoms with Gasteiger partial charge in [-0.15, -0.1) is 0 Å². The molecule has 0 saturated heterocycles. The molecule has 5 heteroatoms. The van der Waals surface area contributed by atoms with Gasteiger partial charge in [-0.05, 0) is 64.8 Å². The first-order valence-electron chi connectivity index (χ1n) is 5.53. The summed E-state index contributed by atoms with van der Waals surface area (Å²) in [6.07, 6.45) is 0. The number of anilines is 2. The van der Waals surface area contributed by atoms with E-state index in [0.717, 1.165) is 15.8 Å². The Hall–Kier alpha value is -1.52. The first-order valence-corrected chi connectivity index (χ1v) is 6.70. The predicted octanol–water partition coefficient (Wildman–Crippen LogP) is 4.85. The summed E-state index contributed by atoms with van der Waals surface area (Å²) in [6, 6.07) is 10.5. The molecular weight excluding hydrogens is 330 g/mol. The Bertz CT molecular complexity index is 643. The fourth-order valence-electron chi connectivity index (χ4n) is 1.73. The molecule has 2 N–H and O–H groups in total. The second-order valence-electron chi connectivity index (χ2n) is 4.08. The van der Waals surface area contributed by atoms with E-state index >= 15 is 0 Å². The molecule has 0 aliphatic heterocycles. The lowest BCUT2D eigenvalue weighted by atomic mass is 10.1. The molecule has 0 heterocycles. The highest BCUT2D eigenvalue weighted by Crippen LogP contribution is 2.29. The number of aryl methyl sites for hydroxylation is 1. The fourth-order valence-corrected chi connectivity index (χ4v) is 2.51. The van der Waals surface area contributed by atoms with Gasteiger partial charge in [0.15, 0.2) is 0 Å². The summed E-state index contributed by atoms with van der Waals surface area (Å²) < 4.78 is 0.847. The number of hydrogen-bond acceptors (Lipinski definition) is 2. The lowest BCUT2D eigenvalue weighted by molar-refractivity contribution is 0.0696. The van der Waals surface area contributed by atoms with Gasteiger partial charge in [-0.2, -0.15) is 0 Å². The quantitative estimate of drug-likeness (QED) is 0.839. The third-order valence-corrected chi connectivity index (χ3v) is 3.56. The van der Waals surface area contributed by atoms with Crippen molar-refractivity contribution < 1.29 is 9.90 Å². The molecule has 0 atom stereocenters. The molecule has 0 aliphatic carbocycles. The van der Waals surface area contributed by atoms with Gasteiger partial charge in [-0.25, -0.2) is 4.79 Å². The molecule has 0 bridgehead atoms. The molecule has 0 radical (unpaired) electrons. The molecule has 2 aromatic rings. The Morgan fingerprint density at radius 3 is 2.58 bits per heavy atom. The van der Waals surface area contributed by atoms with Crippen LogP contribution in [-0.4, -0.2) is 11.1 Å². The molecule has 3 nitrogen and oxygen atoms in total. The standard InChI is InChI=1S/C14H11BrClNO2/c1-8-6-10(3-4-11(8)14(18)19)17-13-5-2-9(16)7-12(13)15/h2-7,17H,1H3,(H,18,19). The molecule has 0 saturated carbocycles. The van der Waals surface area contributed by atoms with Crippen molar-refractivity contribution in [3.63, 3.8) is 0 Å². The van der Waals surface area contributed by atoms with E-state index in [0.29, 0.717) is 16.1 Å². The van der Waals surface area contributed by atoms with E-state index in [9.17, 15) is 4.79 Å². The summed E-state index contributed by atoms with van der Waals surface area (Å²) >= 11 is 9.30. The molecule has 98 valence electrons. The highest BCUT2D eigenvalue weighted by atomic mass is 79.9. The maximum atomic E-state index is 10.9. The van der Waals surface area contributed by atoms with Crippen molar-refractivity contribution in [3.8, 4) is 0 Å². The average molecular weight is 341 g/mol. The van der Waals surface area contributed by atoms with Gasteiger partial charge in [0.1, 0.15) is 0 Å². The molecule has 0 spiro atoms. The Balaban J connectivity index is 2.29. The van der Waals surface area contributed by atoms with Gasteiger partial charge in [0.05, 0.1) is 11.3 Å². The maximum absolute atomic E-state index is 10.9. The minimum Gasteiger partial charge on any atom is -0.478 e. The highest BCUT2D eigenvalue weighted by Gasteiger charge is 2.08. The molecule has 19 heavy (non-hydrogen) atoms. The van der Waals surface area contributed by atoms with E-state index in [-0.39, 0.29) is 0 Å². The largest absolute Gasteiger partial charge is 0.478 e. The predicted molar refractivity (Wildman–Crippen MR) is 80.6 cm³/mol. The smallest absolute Gasteiger partial charge is 0.335 e. The summed E-state index contributed by atoms with van der Waals surface area (Å²) in [5.74, 6) is -0.920. The van der Waals surface area contributed by atoms with Crippen molar-refractivity contribution in [2.24, 2.45) is 0 Å². The minimum atomic E-state index is -0.920. The molecule has 0 fully saturated rings. The van der Waals surface area contributed by atoms with E-state index in [1.54, 1.807) is 37.3 Å². The van der Waals surface area contributed by atoms with Crippen LogP contribution in [0.1, 0.15) is 15.9 Å². The van der Waals surface area contributed by atoms with E-state index < -0.39 is 5.97 Å². The second kappa shape index (κ2) is 5.63. The van der Waals surface area contributed by atoms with E-state index in [1.165, 1.54) is 0 Å². The van der Waals surface area contributed by atoms with Gasteiger partial charge in [-0.1, -0.05) is 11.6 Å². The zero-order valence-electron chi connectivity index (χ0n) is 10.1. The first kappa shape index (κ1) is 13.9. The van der Waals surface area contributed by atoms with E-state index in [2.05, 4.69) is 21.2 Å². The number of rotatable bonds is 3. The number of hydrogen-bond donors (Lipinski definition) is 2. The van der Waals surface area contributed by atoms with E-state index in [4.69, 9.17) is 16.7 Å². The third-order valence-electron chi connectivity index (χ3n) is 2.67. The van der Waals surface area contributed by atoms with Crippen molar-refractivity contribution in [1.29, 1.82) is 0 Å². The molecule has 0 amide bonds. The van der Waals surface area contributed by atoms with Crippen LogP contribution in [0.3, 0.4) is 0 Å². The van der Waals surface area contributed by atoms with Crippen molar-refractivity contribution in [3.05, 3.63) is 57.0 Å². The SMILES string of the molecule is Cc1cc(Nc2ccc(Cl)cc2Br)ccc1C(=O)O. The second-order valence-corrected chi connectivity index (χ2v) is 5.37. The number of carbonyl (C=O) groups is 1. The van der Waals surface area contributed by atoms with Crippen LogP contribution in [-0.2, 0) is 0 Å². The van der Waals surface area contributed by atoms with Gasteiger partial charge < -0.3 is 10.4 Å². The summed E-state index contributed by atoms with van der Waals surface area (Å²) in [4.78, 5) is 10.9. The van der Waals surface area contributed by atoms with Crippen molar-refractivity contribution in [2.75, 3.05) is 5.32 Å². The van der Waals surface area contributed by atoms with Crippen molar-refractivity contribution >= 4 is 44.9 Å². The van der Waals surface area contributed by atoms with Gasteiger partial charge in [0, 0.05) is 15.2 Å². The molecular formula is C14H11BrClNO2. The fraction of sp³-hybridized carbons (Fsp3) is 0.0714. The monoisotopic (exact) mass is 339 g/mol. The number of halogens is 2. The summed E-state index contributed by atoms with van der Waals surface area (Å²) in [7, 11) is 0. The number of carboxylic acids is 1. The third kappa shape index (κ3) is 3.28. The summed E-state index contributed by atoms with van der Waals surface area (Å²) in [5.41, 5.74) is 2.71. The Kier molecular flexibility index (Phi) is 4.12. The first-order chi connectivity index (χ1) is 8.97. The van der Waals surface area contributed by atoms with Gasteiger partial charge in [0.2, 0.25) is 0 Å². The normalized spacial score (nSPS) is 10.3. The summed E-state index contributed by atoms with van der Waals surface area (Å²) in [5, 5.41) is 12.8. The molecule has 0 unspecified atom stereocenters. The number of nitrogens with one attached hydrogen (secondary N) is 1. The topological polar surface area (TPSA) is 49.3 Å². The van der Waals surface area contributed by atoms with Crippen LogP contribution in [0.25, 0.3) is 0 Å². The van der Waals surface area contributed by atoms with Crippen LogP contribution < -0.4 is 5.32 Å². The number of benzene rings is 2. The molecule has 2 rings (SSSR count). The zero-order valence-corrected chi connectivity index (χ0v) is 12.4. The van der Waals surface area contributed by atoms with Crippen LogP contribution in [0.2, 0.25) is 5.02 Å². The Labute approximate surface area is 124 Å². The van der Waals surface area contributed by atoms with Crippen LogP contribution in [0.15, 0.2) is 40.9 Å². The van der Waals surface area contributed by atoms with Gasteiger partial charge >= 0.3 is 5.97 Å². The summed E-state index contributed by atoms with van der Waals surface area (Å²) in [6.45, 7) is 1.77. The van der Waals surface area contributed by atoms with Crippen LogP contribution in [0, 0.1) is 6.92 Å². The van der Waals surface area contributed by atoms with Crippen LogP contribution >= 0.6 is 27.5 Å². The number of carboxylic acid groups (broad SMARTS) is 1. The molecule has 0 aliphatic rings. The van der Waals surface area contributed by atoms with Crippen molar-refractivity contribution in [1.82, 2.24) is 0 Å². The minimum absolute atomic E-state index is 0.306. The van der Waals surface area contributed by atoms with Crippen LogP contribution in [0.5, 0.6) is 0 Å². The van der Waals surface area contributed by atoms with E-state index in [1.807, 2.05) is 6.07 Å². The van der Waals surface area contributed by atoms with Crippen molar-refractivity contribution in [2.45, 2.75) is 6.92 Å². The average Bonchev–Trinajstić information content (AvgIpc) is 2.32. The lowest BCUT2D eigenvalue weighted by Gasteiger charge is -2.10. The lowest BCUT2D eigenvalue weighted by Crippen LogP contribution is -2.00. The Morgan fingerprint density at radius 2 is 2.00 bits per heavy atom. The highest BCUT2D eigenvalue weighted by molar-refractivity contribution is 9.10. The Morgan fingerprint density at radius 1 is 1.26 bits per heavy atom. The number of aromatic carboxylic acids is 1. The van der Waals surface area contributed by atoms with Gasteiger partial charge in [-0.3, -0.25) is 0 Å². The maximum Gasteiger partial charge on any atom is 0.335 e.